The summed E-state index contributed by atoms with van der Waals surface area (Å²) in [6, 6.07) is 4.62. The first-order chi connectivity index (χ1) is 9.36. The van der Waals surface area contributed by atoms with Crippen LogP contribution in [0.2, 0.25) is 0 Å². The molecule has 108 valence electrons. The number of likely N-dealkylation sites (N-methyl/N-ethyl adjacent to an activating group) is 1. The summed E-state index contributed by atoms with van der Waals surface area (Å²) in [5, 5.41) is 5.25. The van der Waals surface area contributed by atoms with E-state index in [0.717, 1.165) is 21.8 Å². The highest BCUT2D eigenvalue weighted by Crippen LogP contribution is 2.27. The van der Waals surface area contributed by atoms with Crippen LogP contribution in [-0.2, 0) is 24.1 Å². The van der Waals surface area contributed by atoms with Crippen molar-refractivity contribution in [2.75, 3.05) is 7.05 Å². The van der Waals surface area contributed by atoms with E-state index in [-0.39, 0.29) is 12.5 Å². The van der Waals surface area contributed by atoms with Crippen LogP contribution in [0.3, 0.4) is 0 Å². The van der Waals surface area contributed by atoms with Crippen molar-refractivity contribution in [2.24, 2.45) is 0 Å². The molecule has 0 fully saturated rings. The van der Waals surface area contributed by atoms with Crippen molar-refractivity contribution >= 4 is 17.2 Å². The molecule has 20 heavy (non-hydrogen) atoms. The number of alkyl halides is 3. The summed E-state index contributed by atoms with van der Waals surface area (Å²) in [6.45, 7) is 0.224. The number of thiophene rings is 1. The van der Waals surface area contributed by atoms with E-state index in [0.29, 0.717) is 6.54 Å². The molecule has 0 unspecified atom stereocenters. The maximum absolute atomic E-state index is 12.4. The number of halogens is 3. The van der Waals surface area contributed by atoms with Crippen LogP contribution in [-0.4, -0.2) is 27.6 Å². The lowest BCUT2D eigenvalue weighted by atomic mass is 10.4. The highest BCUT2D eigenvalue weighted by atomic mass is 32.1. The summed E-state index contributed by atoms with van der Waals surface area (Å²) in [5.41, 5.74) is -0.994. The first-order valence-electron chi connectivity index (χ1n) is 5.73. The standard InChI is InChI=1S/C12H12F3N3OS/c1-17(7-9-3-2-6-20-9)11(19)8-18-5-4-10(16-18)12(13,14)15/h2-6H,7-8H2,1H3. The molecule has 2 aromatic heterocycles. The van der Waals surface area contributed by atoms with Gasteiger partial charge in [0.1, 0.15) is 6.54 Å². The van der Waals surface area contributed by atoms with Crippen LogP contribution in [0.5, 0.6) is 0 Å². The summed E-state index contributed by atoms with van der Waals surface area (Å²) < 4.78 is 38.1. The van der Waals surface area contributed by atoms with Gasteiger partial charge in [0.15, 0.2) is 5.69 Å². The molecule has 1 amide bonds. The van der Waals surface area contributed by atoms with Crippen molar-refractivity contribution in [2.45, 2.75) is 19.3 Å². The molecule has 8 heteroatoms. The molecule has 0 aliphatic heterocycles. The topological polar surface area (TPSA) is 38.1 Å². The molecular weight excluding hydrogens is 291 g/mol. The number of hydrogen-bond donors (Lipinski definition) is 0. The van der Waals surface area contributed by atoms with Crippen molar-refractivity contribution in [3.05, 3.63) is 40.3 Å². The minimum absolute atomic E-state index is 0.210. The normalized spacial score (nSPS) is 11.6. The Kier molecular flexibility index (Phi) is 4.12. The number of carbonyl (C=O) groups is 1. The zero-order valence-corrected chi connectivity index (χ0v) is 11.4. The van der Waals surface area contributed by atoms with E-state index < -0.39 is 11.9 Å². The molecule has 4 nitrogen and oxygen atoms in total. The quantitative estimate of drug-likeness (QED) is 0.871. The second kappa shape index (κ2) is 5.66. The van der Waals surface area contributed by atoms with Gasteiger partial charge in [-0.05, 0) is 17.5 Å². The Morgan fingerprint density at radius 3 is 2.75 bits per heavy atom. The van der Waals surface area contributed by atoms with Crippen LogP contribution in [0.25, 0.3) is 0 Å². The number of rotatable bonds is 4. The molecular formula is C12H12F3N3OS. The molecule has 0 atom stereocenters. The minimum Gasteiger partial charge on any atom is -0.339 e. The van der Waals surface area contributed by atoms with Crippen LogP contribution >= 0.6 is 11.3 Å². The molecule has 0 aromatic carbocycles. The van der Waals surface area contributed by atoms with E-state index in [2.05, 4.69) is 5.10 Å². The number of nitrogens with zero attached hydrogens (tertiary/aromatic N) is 3. The first-order valence-corrected chi connectivity index (χ1v) is 6.61. The summed E-state index contributed by atoms with van der Waals surface area (Å²) in [7, 11) is 1.61. The fourth-order valence-electron chi connectivity index (χ4n) is 1.58. The number of aromatic nitrogens is 2. The van der Waals surface area contributed by atoms with Gasteiger partial charge in [-0.25, -0.2) is 0 Å². The van der Waals surface area contributed by atoms with E-state index in [1.807, 2.05) is 17.5 Å². The van der Waals surface area contributed by atoms with Gasteiger partial charge < -0.3 is 4.90 Å². The van der Waals surface area contributed by atoms with Gasteiger partial charge in [0.05, 0.1) is 6.54 Å². The average molecular weight is 303 g/mol. The van der Waals surface area contributed by atoms with E-state index >= 15 is 0 Å². The molecule has 0 aliphatic rings. The Morgan fingerprint density at radius 1 is 1.45 bits per heavy atom. The first kappa shape index (κ1) is 14.6. The minimum atomic E-state index is -4.49. The van der Waals surface area contributed by atoms with Crippen LogP contribution in [0.15, 0.2) is 29.8 Å². The van der Waals surface area contributed by atoms with Gasteiger partial charge in [0.2, 0.25) is 5.91 Å². The second-order valence-corrected chi connectivity index (χ2v) is 5.26. The van der Waals surface area contributed by atoms with Gasteiger partial charge >= 0.3 is 6.18 Å². The molecule has 0 saturated heterocycles. The van der Waals surface area contributed by atoms with Crippen molar-refractivity contribution in [3.8, 4) is 0 Å². The summed E-state index contributed by atoms with van der Waals surface area (Å²) >= 11 is 1.52. The third kappa shape index (κ3) is 3.60. The van der Waals surface area contributed by atoms with Crippen molar-refractivity contribution in [1.82, 2.24) is 14.7 Å². The van der Waals surface area contributed by atoms with Gasteiger partial charge in [-0.3, -0.25) is 9.48 Å². The Balaban J connectivity index is 1.95. The average Bonchev–Trinajstić information content (AvgIpc) is 2.98. The summed E-state index contributed by atoms with van der Waals surface area (Å²) in [6.07, 6.45) is -3.34. The molecule has 0 aliphatic carbocycles. The Labute approximate surface area is 117 Å². The van der Waals surface area contributed by atoms with Crippen LogP contribution in [0.4, 0.5) is 13.2 Å². The van der Waals surface area contributed by atoms with Crippen LogP contribution in [0.1, 0.15) is 10.6 Å². The summed E-state index contributed by atoms with van der Waals surface area (Å²) in [4.78, 5) is 14.4. The predicted molar refractivity (Wildman–Crippen MR) is 68.0 cm³/mol. The van der Waals surface area contributed by atoms with Gasteiger partial charge in [0, 0.05) is 18.1 Å². The molecule has 2 rings (SSSR count). The molecule has 2 heterocycles. The molecule has 0 radical (unpaired) electrons. The van der Waals surface area contributed by atoms with E-state index in [1.54, 1.807) is 7.05 Å². The third-order valence-electron chi connectivity index (χ3n) is 2.63. The predicted octanol–water partition coefficient (Wildman–Crippen LogP) is 2.62. The number of hydrogen-bond acceptors (Lipinski definition) is 3. The summed E-state index contributed by atoms with van der Waals surface area (Å²) in [5.74, 6) is -0.296. The molecule has 2 aromatic rings. The molecule has 0 saturated carbocycles. The maximum Gasteiger partial charge on any atom is 0.435 e. The zero-order chi connectivity index (χ0) is 14.8. The fraction of sp³-hybridized carbons (Fsp3) is 0.333. The zero-order valence-electron chi connectivity index (χ0n) is 10.6. The fourth-order valence-corrected chi connectivity index (χ4v) is 2.34. The van der Waals surface area contributed by atoms with Gasteiger partial charge in [-0.1, -0.05) is 6.07 Å². The van der Waals surface area contributed by atoms with E-state index in [1.165, 1.54) is 16.2 Å². The van der Waals surface area contributed by atoms with Crippen LogP contribution < -0.4 is 0 Å². The Morgan fingerprint density at radius 2 is 2.20 bits per heavy atom. The van der Waals surface area contributed by atoms with E-state index in [9.17, 15) is 18.0 Å². The monoisotopic (exact) mass is 303 g/mol. The van der Waals surface area contributed by atoms with Crippen LogP contribution in [0, 0.1) is 0 Å². The van der Waals surface area contributed by atoms with Crippen molar-refractivity contribution in [3.63, 3.8) is 0 Å². The number of amides is 1. The van der Waals surface area contributed by atoms with Crippen molar-refractivity contribution in [1.29, 1.82) is 0 Å². The molecule has 0 bridgehead atoms. The third-order valence-corrected chi connectivity index (χ3v) is 3.49. The number of carbonyl (C=O) groups excluding carboxylic acids is 1. The Hall–Kier alpha value is -1.83. The Bertz CT molecular complexity index is 577. The molecule has 0 spiro atoms. The van der Waals surface area contributed by atoms with Gasteiger partial charge in [-0.15, -0.1) is 11.3 Å². The lowest BCUT2D eigenvalue weighted by molar-refractivity contribution is -0.142. The lowest BCUT2D eigenvalue weighted by Gasteiger charge is -2.16. The highest BCUT2D eigenvalue weighted by molar-refractivity contribution is 7.09. The maximum atomic E-state index is 12.4. The van der Waals surface area contributed by atoms with Crippen molar-refractivity contribution < 1.29 is 18.0 Å². The SMILES string of the molecule is CN(Cc1cccs1)C(=O)Cn1ccc(C(F)(F)F)n1. The van der Waals surface area contributed by atoms with Gasteiger partial charge in [0.25, 0.3) is 0 Å². The smallest absolute Gasteiger partial charge is 0.339 e. The largest absolute Gasteiger partial charge is 0.435 e. The van der Waals surface area contributed by atoms with Gasteiger partial charge in [-0.2, -0.15) is 18.3 Å². The lowest BCUT2D eigenvalue weighted by Crippen LogP contribution is -2.29. The molecule has 0 N–H and O–H groups in total. The second-order valence-electron chi connectivity index (χ2n) is 4.23. The van der Waals surface area contributed by atoms with E-state index in [4.69, 9.17) is 0 Å². The highest BCUT2D eigenvalue weighted by Gasteiger charge is 2.33.